The largest absolute Gasteiger partial charge is 0.333 e. The standard InChI is InChI=1S/C14H8F2O4S2/c15-21(17,18)13-9-5-1-2-6-10(9)14(22(16,19)20)12-8-4-3-7-11(12)13/h1-8H. The molecule has 8 heteroatoms. The number of fused-ring (bicyclic) bond motifs is 2. The lowest BCUT2D eigenvalue weighted by Crippen LogP contribution is -2.01. The van der Waals surface area contributed by atoms with E-state index in [1.54, 1.807) is 0 Å². The van der Waals surface area contributed by atoms with Gasteiger partial charge in [0.1, 0.15) is 9.79 Å². The van der Waals surface area contributed by atoms with Crippen molar-refractivity contribution in [2.75, 3.05) is 0 Å². The number of rotatable bonds is 2. The van der Waals surface area contributed by atoms with E-state index in [0.29, 0.717) is 0 Å². The molecule has 0 unspecified atom stereocenters. The molecule has 114 valence electrons. The summed E-state index contributed by atoms with van der Waals surface area (Å²) in [5.41, 5.74) is 0. The Morgan fingerprint density at radius 2 is 0.773 bits per heavy atom. The molecule has 0 aromatic heterocycles. The average molecular weight is 342 g/mol. The average Bonchev–Trinajstić information content (AvgIpc) is 2.41. The van der Waals surface area contributed by atoms with Crippen LogP contribution in [0.15, 0.2) is 58.3 Å². The fourth-order valence-corrected chi connectivity index (χ4v) is 4.34. The van der Waals surface area contributed by atoms with Crippen molar-refractivity contribution in [1.82, 2.24) is 0 Å². The summed E-state index contributed by atoms with van der Waals surface area (Å²) >= 11 is 0. The smallest absolute Gasteiger partial charge is 0.189 e. The molecule has 3 aromatic rings. The van der Waals surface area contributed by atoms with Crippen LogP contribution in [-0.4, -0.2) is 16.8 Å². The molecule has 22 heavy (non-hydrogen) atoms. The Morgan fingerprint density at radius 3 is 0.955 bits per heavy atom. The van der Waals surface area contributed by atoms with Crippen LogP contribution in [0.25, 0.3) is 21.5 Å². The number of hydrogen-bond acceptors (Lipinski definition) is 4. The van der Waals surface area contributed by atoms with Crippen LogP contribution < -0.4 is 0 Å². The van der Waals surface area contributed by atoms with Crippen molar-refractivity contribution in [1.29, 1.82) is 0 Å². The van der Waals surface area contributed by atoms with Gasteiger partial charge >= 0.3 is 20.4 Å². The Hall–Kier alpha value is -2.06. The zero-order valence-electron chi connectivity index (χ0n) is 10.8. The third-order valence-corrected chi connectivity index (χ3v) is 5.18. The number of benzene rings is 3. The van der Waals surface area contributed by atoms with E-state index < -0.39 is 30.2 Å². The third kappa shape index (κ3) is 2.24. The molecule has 0 heterocycles. The molecule has 0 saturated carbocycles. The van der Waals surface area contributed by atoms with E-state index in [9.17, 15) is 24.6 Å². The maximum absolute atomic E-state index is 13.7. The second-order valence-electron chi connectivity index (χ2n) is 4.63. The Labute approximate surface area is 125 Å². The summed E-state index contributed by atoms with van der Waals surface area (Å²) in [6.45, 7) is 0. The lowest BCUT2D eigenvalue weighted by molar-refractivity contribution is 0.550. The van der Waals surface area contributed by atoms with Crippen molar-refractivity contribution < 1.29 is 24.6 Å². The Balaban J connectivity index is 2.80. The summed E-state index contributed by atoms with van der Waals surface area (Å²) in [6.07, 6.45) is 0. The van der Waals surface area contributed by atoms with Crippen molar-refractivity contribution in [3.05, 3.63) is 48.5 Å². The van der Waals surface area contributed by atoms with Gasteiger partial charge in [-0.3, -0.25) is 0 Å². The lowest BCUT2D eigenvalue weighted by Gasteiger charge is -2.12. The minimum absolute atomic E-state index is 0.181. The van der Waals surface area contributed by atoms with E-state index >= 15 is 0 Å². The van der Waals surface area contributed by atoms with Gasteiger partial charge in [-0.2, -0.15) is 16.8 Å². The predicted molar refractivity (Wildman–Crippen MR) is 78.0 cm³/mol. The van der Waals surface area contributed by atoms with Gasteiger partial charge in [0.2, 0.25) is 0 Å². The molecular weight excluding hydrogens is 334 g/mol. The van der Waals surface area contributed by atoms with E-state index in [2.05, 4.69) is 0 Å². The second kappa shape index (κ2) is 4.72. The zero-order chi connectivity index (χ0) is 16.1. The highest BCUT2D eigenvalue weighted by Gasteiger charge is 2.27. The summed E-state index contributed by atoms with van der Waals surface area (Å²) in [5, 5.41) is -0.722. The molecule has 0 fully saturated rings. The van der Waals surface area contributed by atoms with E-state index in [-0.39, 0.29) is 21.5 Å². The molecule has 0 N–H and O–H groups in total. The lowest BCUT2D eigenvalue weighted by atomic mass is 10.0. The van der Waals surface area contributed by atoms with Crippen molar-refractivity contribution in [2.45, 2.75) is 9.79 Å². The molecule has 0 bridgehead atoms. The number of halogens is 2. The van der Waals surface area contributed by atoms with Crippen LogP contribution in [0.1, 0.15) is 0 Å². The van der Waals surface area contributed by atoms with E-state index in [1.807, 2.05) is 0 Å². The topological polar surface area (TPSA) is 68.3 Å². The summed E-state index contributed by atoms with van der Waals surface area (Å²) in [4.78, 5) is -1.32. The maximum atomic E-state index is 13.7. The Bertz CT molecular complexity index is 973. The van der Waals surface area contributed by atoms with Crippen LogP contribution in [-0.2, 0) is 20.4 Å². The van der Waals surface area contributed by atoms with Crippen LogP contribution in [0.4, 0.5) is 7.77 Å². The monoisotopic (exact) mass is 342 g/mol. The van der Waals surface area contributed by atoms with E-state index in [1.165, 1.54) is 48.5 Å². The van der Waals surface area contributed by atoms with Gasteiger partial charge in [-0.1, -0.05) is 48.5 Å². The molecule has 0 saturated heterocycles. The van der Waals surface area contributed by atoms with Crippen LogP contribution in [0.2, 0.25) is 0 Å². The zero-order valence-corrected chi connectivity index (χ0v) is 12.5. The Kier molecular flexibility index (Phi) is 3.19. The molecule has 3 rings (SSSR count). The quantitative estimate of drug-likeness (QED) is 0.529. The van der Waals surface area contributed by atoms with E-state index in [4.69, 9.17) is 0 Å². The fraction of sp³-hybridized carbons (Fsp3) is 0. The first-order valence-corrected chi connectivity index (χ1v) is 8.81. The Morgan fingerprint density at radius 1 is 0.545 bits per heavy atom. The SMILES string of the molecule is O=S(=O)(F)c1c2ccccc2c(S(=O)(=O)F)c2ccccc12. The van der Waals surface area contributed by atoms with Crippen LogP contribution >= 0.6 is 0 Å². The fourth-order valence-electron chi connectivity index (χ4n) is 2.57. The summed E-state index contributed by atoms with van der Waals surface area (Å²) in [7, 11) is -10.3. The summed E-state index contributed by atoms with van der Waals surface area (Å²) < 4.78 is 73.5. The third-order valence-electron chi connectivity index (χ3n) is 3.32. The molecule has 0 aliphatic carbocycles. The van der Waals surface area contributed by atoms with Gasteiger partial charge in [0.15, 0.2) is 0 Å². The minimum atomic E-state index is -5.14. The van der Waals surface area contributed by atoms with Crippen LogP contribution in [0.3, 0.4) is 0 Å². The van der Waals surface area contributed by atoms with Gasteiger partial charge in [0.05, 0.1) is 0 Å². The second-order valence-corrected chi connectivity index (χ2v) is 7.19. The van der Waals surface area contributed by atoms with Gasteiger partial charge in [-0.15, -0.1) is 7.77 Å². The molecule has 0 aliphatic heterocycles. The first-order valence-electron chi connectivity index (χ1n) is 6.04. The van der Waals surface area contributed by atoms with Crippen LogP contribution in [0, 0.1) is 0 Å². The summed E-state index contributed by atoms with van der Waals surface area (Å²) in [6, 6.07) is 10.6. The molecule has 0 aliphatic rings. The highest BCUT2D eigenvalue weighted by atomic mass is 32.3. The normalized spacial score (nSPS) is 12.8. The molecular formula is C14H8F2O4S2. The molecule has 0 spiro atoms. The first kappa shape index (κ1) is 14.9. The van der Waals surface area contributed by atoms with Gasteiger partial charge in [-0.05, 0) is 0 Å². The van der Waals surface area contributed by atoms with Gasteiger partial charge in [-0.25, -0.2) is 0 Å². The summed E-state index contributed by atoms with van der Waals surface area (Å²) in [5.74, 6) is 0. The highest BCUT2D eigenvalue weighted by molar-refractivity contribution is 7.87. The van der Waals surface area contributed by atoms with Gasteiger partial charge < -0.3 is 0 Å². The highest BCUT2D eigenvalue weighted by Crippen LogP contribution is 2.39. The first-order chi connectivity index (χ1) is 10.2. The van der Waals surface area contributed by atoms with Crippen LogP contribution in [0.5, 0.6) is 0 Å². The molecule has 0 amide bonds. The molecule has 0 atom stereocenters. The van der Waals surface area contributed by atoms with Crippen molar-refractivity contribution in [3.8, 4) is 0 Å². The minimum Gasteiger partial charge on any atom is -0.189 e. The predicted octanol–water partition coefficient (Wildman–Crippen LogP) is 3.31. The molecule has 3 aromatic carbocycles. The number of hydrogen-bond donors (Lipinski definition) is 0. The van der Waals surface area contributed by atoms with Crippen molar-refractivity contribution in [2.24, 2.45) is 0 Å². The van der Waals surface area contributed by atoms with Gasteiger partial charge in [0.25, 0.3) is 0 Å². The molecule has 4 nitrogen and oxygen atoms in total. The van der Waals surface area contributed by atoms with Crippen molar-refractivity contribution >= 4 is 42.0 Å². The maximum Gasteiger partial charge on any atom is 0.333 e. The van der Waals surface area contributed by atoms with Crippen molar-refractivity contribution in [3.63, 3.8) is 0 Å². The van der Waals surface area contributed by atoms with Gasteiger partial charge in [0, 0.05) is 21.5 Å². The molecule has 0 radical (unpaired) electrons. The van der Waals surface area contributed by atoms with E-state index in [0.717, 1.165) is 0 Å².